The molecule has 0 radical (unpaired) electrons. The molecule has 3 aromatic rings. The van der Waals surface area contributed by atoms with Crippen LogP contribution in [-0.2, 0) is 4.79 Å². The fraction of sp³-hybridized carbons (Fsp3) is 0.240. The zero-order chi connectivity index (χ0) is 25.1. The fourth-order valence-corrected chi connectivity index (χ4v) is 3.68. The van der Waals surface area contributed by atoms with Crippen LogP contribution in [0.4, 0.5) is 0 Å². The van der Waals surface area contributed by atoms with E-state index in [1.54, 1.807) is 54.6 Å². The van der Waals surface area contributed by atoms with E-state index in [0.29, 0.717) is 25.7 Å². The minimum Gasteiger partial charge on any atom is -0.479 e. The highest BCUT2D eigenvalue weighted by molar-refractivity contribution is 6.35. The normalized spacial score (nSPS) is 12.5. The van der Waals surface area contributed by atoms with E-state index in [1.807, 2.05) is 26.0 Å². The van der Waals surface area contributed by atoms with Crippen LogP contribution in [0, 0.1) is 0 Å². The lowest BCUT2D eigenvalue weighted by Gasteiger charge is -2.07. The van der Waals surface area contributed by atoms with Gasteiger partial charge in [-0.3, -0.25) is 0 Å². The van der Waals surface area contributed by atoms with E-state index >= 15 is 0 Å². The van der Waals surface area contributed by atoms with E-state index in [0.717, 1.165) is 11.1 Å². The fourth-order valence-electron chi connectivity index (χ4n) is 2.52. The predicted molar refractivity (Wildman–Crippen MR) is 144 cm³/mol. The van der Waals surface area contributed by atoms with Gasteiger partial charge in [0, 0.05) is 32.2 Å². The van der Waals surface area contributed by atoms with Crippen molar-refractivity contribution in [3.05, 3.63) is 104 Å². The molecule has 6 N–H and O–H groups in total. The van der Waals surface area contributed by atoms with Gasteiger partial charge in [0.15, 0.2) is 6.10 Å². The standard InChI is InChI=1S/2C8H9Cl2N.C8H8O3.CH4/c2*1-5(11)7-3-2-6(9)4-8(7)10;9-7(8(10)11)6-4-2-1-3-5-6;/h2*2-5H,11H2,1H3;1-5,7,9H,(H,10,11);1H4/t5-;;7-;/m1.0./s1. The Morgan fingerprint density at radius 2 is 1.15 bits per heavy atom. The quantitative estimate of drug-likeness (QED) is 0.271. The number of hydrogen-bond donors (Lipinski definition) is 4. The molecular weight excluding hydrogens is 518 g/mol. The van der Waals surface area contributed by atoms with E-state index in [2.05, 4.69) is 0 Å². The molecular formula is C25H30Cl4N2O3. The summed E-state index contributed by atoms with van der Waals surface area (Å²) >= 11 is 23.1. The molecule has 0 amide bonds. The maximum Gasteiger partial charge on any atom is 0.337 e. The summed E-state index contributed by atoms with van der Waals surface area (Å²) < 4.78 is 0. The van der Waals surface area contributed by atoms with Crippen molar-refractivity contribution in [2.75, 3.05) is 0 Å². The van der Waals surface area contributed by atoms with Crippen LogP contribution in [0.2, 0.25) is 20.1 Å². The number of hydrogen-bond acceptors (Lipinski definition) is 4. The van der Waals surface area contributed by atoms with Crippen molar-refractivity contribution in [2.24, 2.45) is 11.5 Å². The van der Waals surface area contributed by atoms with Gasteiger partial charge in [-0.2, -0.15) is 0 Å². The molecule has 186 valence electrons. The largest absolute Gasteiger partial charge is 0.479 e. The summed E-state index contributed by atoms with van der Waals surface area (Å²) in [5.74, 6) is -1.23. The van der Waals surface area contributed by atoms with Crippen LogP contribution < -0.4 is 11.5 Å². The van der Waals surface area contributed by atoms with Gasteiger partial charge in [0.1, 0.15) is 0 Å². The zero-order valence-corrected chi connectivity index (χ0v) is 21.1. The molecule has 0 fully saturated rings. The third kappa shape index (κ3) is 11.1. The van der Waals surface area contributed by atoms with E-state index in [9.17, 15) is 4.79 Å². The second-order valence-corrected chi connectivity index (χ2v) is 8.75. The second-order valence-electron chi connectivity index (χ2n) is 7.06. The highest BCUT2D eigenvalue weighted by Gasteiger charge is 2.14. The van der Waals surface area contributed by atoms with Gasteiger partial charge in [-0.25, -0.2) is 4.79 Å². The highest BCUT2D eigenvalue weighted by atomic mass is 35.5. The zero-order valence-electron chi connectivity index (χ0n) is 18.1. The van der Waals surface area contributed by atoms with Crippen LogP contribution in [0.15, 0.2) is 66.7 Å². The van der Waals surface area contributed by atoms with Gasteiger partial charge < -0.3 is 21.7 Å². The number of aliphatic hydroxyl groups excluding tert-OH is 1. The SMILES string of the molecule is C.CC(N)c1ccc(Cl)cc1Cl.C[C@@H](N)c1ccc(Cl)cc1Cl.O=C(O)[C@@H](O)c1ccccc1. The number of nitrogens with two attached hydrogens (primary N) is 2. The van der Waals surface area contributed by atoms with Gasteiger partial charge in [0.05, 0.1) is 0 Å². The number of benzene rings is 3. The summed E-state index contributed by atoms with van der Waals surface area (Å²) in [7, 11) is 0. The molecule has 0 heterocycles. The van der Waals surface area contributed by atoms with Crippen molar-refractivity contribution in [1.82, 2.24) is 0 Å². The minimum absolute atomic E-state index is 0. The topological polar surface area (TPSA) is 110 Å². The number of aliphatic carboxylic acids is 1. The molecule has 0 bridgehead atoms. The van der Waals surface area contributed by atoms with Gasteiger partial charge >= 0.3 is 5.97 Å². The van der Waals surface area contributed by atoms with Gasteiger partial charge in [0.25, 0.3) is 0 Å². The molecule has 0 aliphatic heterocycles. The Hall–Kier alpha value is -1.83. The number of aliphatic hydroxyl groups is 1. The van der Waals surface area contributed by atoms with Crippen molar-refractivity contribution in [3.63, 3.8) is 0 Å². The van der Waals surface area contributed by atoms with Gasteiger partial charge in [0.2, 0.25) is 0 Å². The molecule has 3 aromatic carbocycles. The summed E-state index contributed by atoms with van der Waals surface area (Å²) in [5, 5.41) is 19.9. The molecule has 0 spiro atoms. The molecule has 34 heavy (non-hydrogen) atoms. The van der Waals surface area contributed by atoms with Crippen molar-refractivity contribution < 1.29 is 15.0 Å². The summed E-state index contributed by atoms with van der Waals surface area (Å²) in [5.41, 5.74) is 13.5. The minimum atomic E-state index is -1.41. The predicted octanol–water partition coefficient (Wildman–Crippen LogP) is 7.47. The Morgan fingerprint density at radius 3 is 1.44 bits per heavy atom. The Balaban J connectivity index is 0.000000473. The van der Waals surface area contributed by atoms with Crippen molar-refractivity contribution >= 4 is 52.4 Å². The molecule has 9 heteroatoms. The van der Waals surface area contributed by atoms with Crippen LogP contribution in [0.5, 0.6) is 0 Å². The molecule has 0 aromatic heterocycles. The molecule has 1 unspecified atom stereocenters. The first-order chi connectivity index (χ1) is 15.4. The average Bonchev–Trinajstić information content (AvgIpc) is 2.74. The van der Waals surface area contributed by atoms with Crippen LogP contribution in [-0.4, -0.2) is 16.2 Å². The van der Waals surface area contributed by atoms with Crippen molar-refractivity contribution in [3.8, 4) is 0 Å². The number of halogens is 4. The number of carbonyl (C=O) groups is 1. The van der Waals surface area contributed by atoms with Crippen LogP contribution >= 0.6 is 46.4 Å². The summed E-state index contributed by atoms with van der Waals surface area (Å²) in [6, 6.07) is 18.8. The monoisotopic (exact) mass is 546 g/mol. The summed E-state index contributed by atoms with van der Waals surface area (Å²) in [6.45, 7) is 3.77. The molecule has 3 rings (SSSR count). The first kappa shape index (κ1) is 32.2. The Bertz CT molecular complexity index is 976. The van der Waals surface area contributed by atoms with E-state index in [1.165, 1.54) is 0 Å². The van der Waals surface area contributed by atoms with E-state index in [4.69, 9.17) is 68.1 Å². The average molecular weight is 548 g/mol. The summed E-state index contributed by atoms with van der Waals surface area (Å²) in [6.07, 6.45) is -1.41. The lowest BCUT2D eigenvalue weighted by molar-refractivity contribution is -0.146. The molecule has 0 saturated heterocycles. The molecule has 0 aliphatic carbocycles. The first-order valence-electron chi connectivity index (χ1n) is 9.80. The smallest absolute Gasteiger partial charge is 0.337 e. The number of carboxylic acid groups (broad SMARTS) is 1. The number of rotatable bonds is 4. The van der Waals surface area contributed by atoms with Gasteiger partial charge in [-0.1, -0.05) is 96.3 Å². The third-order valence-corrected chi connectivity index (χ3v) is 5.38. The third-order valence-electron chi connectivity index (χ3n) is 4.26. The Kier molecular flexibility index (Phi) is 15.1. The first-order valence-corrected chi connectivity index (χ1v) is 11.3. The molecule has 0 aliphatic rings. The van der Waals surface area contributed by atoms with E-state index < -0.39 is 12.1 Å². The molecule has 0 saturated carbocycles. The lowest BCUT2D eigenvalue weighted by atomic mass is 10.1. The molecule has 5 nitrogen and oxygen atoms in total. The number of carboxylic acids is 1. The van der Waals surface area contributed by atoms with Gasteiger partial charge in [-0.15, -0.1) is 0 Å². The van der Waals surface area contributed by atoms with Crippen molar-refractivity contribution in [2.45, 2.75) is 39.5 Å². The van der Waals surface area contributed by atoms with Crippen molar-refractivity contribution in [1.29, 1.82) is 0 Å². The Labute approximate surface area is 221 Å². The lowest BCUT2D eigenvalue weighted by Crippen LogP contribution is -2.09. The maximum atomic E-state index is 10.2. The van der Waals surface area contributed by atoms with Gasteiger partial charge in [-0.05, 0) is 54.8 Å². The summed E-state index contributed by atoms with van der Waals surface area (Å²) in [4.78, 5) is 10.2. The van der Waals surface area contributed by atoms with Crippen LogP contribution in [0.1, 0.15) is 56.2 Å². The highest BCUT2D eigenvalue weighted by Crippen LogP contribution is 2.25. The Morgan fingerprint density at radius 1 is 0.765 bits per heavy atom. The van der Waals surface area contributed by atoms with Crippen LogP contribution in [0.3, 0.4) is 0 Å². The van der Waals surface area contributed by atoms with E-state index in [-0.39, 0.29) is 19.5 Å². The molecule has 3 atom stereocenters. The van der Waals surface area contributed by atoms with Crippen LogP contribution in [0.25, 0.3) is 0 Å². The second kappa shape index (κ2) is 16.0. The maximum absolute atomic E-state index is 10.2.